The molecule has 0 radical (unpaired) electrons. The van der Waals surface area contributed by atoms with E-state index in [1.807, 2.05) is 19.3 Å². The highest BCUT2D eigenvalue weighted by Gasteiger charge is 2.15. The first-order chi connectivity index (χ1) is 14.7. The number of pyridine rings is 1. The highest BCUT2D eigenvalue weighted by molar-refractivity contribution is 5.94. The number of aryl methyl sites for hydroxylation is 1. The van der Waals surface area contributed by atoms with Crippen molar-refractivity contribution in [2.45, 2.75) is 20.0 Å². The molecule has 3 aromatic carbocycles. The van der Waals surface area contributed by atoms with Gasteiger partial charge in [-0.05, 0) is 47.8 Å². The molecular formula is C26H23N3O. The fourth-order valence-electron chi connectivity index (χ4n) is 4.03. The van der Waals surface area contributed by atoms with Crippen LogP contribution >= 0.6 is 0 Å². The van der Waals surface area contributed by atoms with Gasteiger partial charge in [-0.3, -0.25) is 9.88 Å². The van der Waals surface area contributed by atoms with Gasteiger partial charge >= 0.3 is 0 Å². The van der Waals surface area contributed by atoms with Crippen LogP contribution in [0.1, 0.15) is 17.0 Å². The Bertz CT molecular complexity index is 1330. The molecule has 0 bridgehead atoms. The summed E-state index contributed by atoms with van der Waals surface area (Å²) < 4.78 is 6.08. The van der Waals surface area contributed by atoms with Crippen molar-refractivity contribution in [2.75, 3.05) is 7.05 Å². The minimum atomic E-state index is 0.684. The largest absolute Gasteiger partial charge is 0.441 e. The summed E-state index contributed by atoms with van der Waals surface area (Å²) in [5.74, 6) is 1.55. The van der Waals surface area contributed by atoms with Crippen LogP contribution in [-0.2, 0) is 13.1 Å². The highest BCUT2D eigenvalue weighted by atomic mass is 16.4. The van der Waals surface area contributed by atoms with E-state index in [1.54, 1.807) is 0 Å². The molecule has 0 N–H and O–H groups in total. The minimum Gasteiger partial charge on any atom is -0.441 e. The lowest BCUT2D eigenvalue weighted by Gasteiger charge is -2.17. The Balaban J connectivity index is 1.41. The van der Waals surface area contributed by atoms with E-state index in [9.17, 15) is 0 Å². The summed E-state index contributed by atoms with van der Waals surface area (Å²) in [6.45, 7) is 3.55. The van der Waals surface area contributed by atoms with Crippen LogP contribution in [0.4, 0.5) is 0 Å². The third-order valence-electron chi connectivity index (χ3n) is 5.54. The number of fused-ring (bicyclic) bond motifs is 2. The van der Waals surface area contributed by atoms with Gasteiger partial charge in [-0.15, -0.1) is 0 Å². The van der Waals surface area contributed by atoms with Crippen LogP contribution in [0.5, 0.6) is 0 Å². The Morgan fingerprint density at radius 2 is 1.63 bits per heavy atom. The molecule has 0 spiro atoms. The van der Waals surface area contributed by atoms with E-state index in [0.717, 1.165) is 35.5 Å². The first-order valence-corrected chi connectivity index (χ1v) is 10.1. The van der Waals surface area contributed by atoms with Crippen molar-refractivity contribution >= 4 is 21.5 Å². The van der Waals surface area contributed by atoms with Crippen LogP contribution in [0.25, 0.3) is 33.0 Å². The predicted octanol–water partition coefficient (Wildman–Crippen LogP) is 5.98. The van der Waals surface area contributed by atoms with Gasteiger partial charge in [0.25, 0.3) is 0 Å². The van der Waals surface area contributed by atoms with Crippen LogP contribution in [0.2, 0.25) is 0 Å². The third-order valence-corrected chi connectivity index (χ3v) is 5.54. The Morgan fingerprint density at radius 1 is 0.833 bits per heavy atom. The lowest BCUT2D eigenvalue weighted by Crippen LogP contribution is -2.18. The van der Waals surface area contributed by atoms with Gasteiger partial charge in [0.1, 0.15) is 5.76 Å². The van der Waals surface area contributed by atoms with Crippen molar-refractivity contribution in [3.05, 3.63) is 96.1 Å². The van der Waals surface area contributed by atoms with Gasteiger partial charge < -0.3 is 4.42 Å². The van der Waals surface area contributed by atoms with E-state index < -0.39 is 0 Å². The maximum absolute atomic E-state index is 6.08. The molecule has 0 saturated carbocycles. The molecule has 0 aliphatic carbocycles. The summed E-state index contributed by atoms with van der Waals surface area (Å²) in [5.41, 5.74) is 3.29. The number of oxazole rings is 1. The van der Waals surface area contributed by atoms with Gasteiger partial charge in [-0.1, -0.05) is 54.6 Å². The maximum Gasteiger partial charge on any atom is 0.227 e. The average Bonchev–Trinajstić information content (AvgIpc) is 3.13. The Hall–Kier alpha value is -3.50. The molecule has 0 fully saturated rings. The van der Waals surface area contributed by atoms with Crippen LogP contribution in [0.15, 0.2) is 83.5 Å². The standard InChI is InChI=1S/C26H23N3O/c1-18-25(17-29(2)16-21-10-5-9-20-15-27-14-13-22(20)21)28-26(30-18)24-12-6-8-19-7-3-4-11-23(19)24/h3-15H,16-17H2,1-2H3. The summed E-state index contributed by atoms with van der Waals surface area (Å²) in [6, 6.07) is 23.0. The molecule has 0 aliphatic heterocycles. The van der Waals surface area contributed by atoms with Crippen molar-refractivity contribution in [1.82, 2.24) is 14.9 Å². The molecule has 0 amide bonds. The van der Waals surface area contributed by atoms with Crippen LogP contribution < -0.4 is 0 Å². The van der Waals surface area contributed by atoms with Gasteiger partial charge in [-0.2, -0.15) is 0 Å². The normalized spacial score (nSPS) is 11.6. The molecule has 0 saturated heterocycles. The summed E-state index contributed by atoms with van der Waals surface area (Å²) in [5, 5.41) is 4.76. The van der Waals surface area contributed by atoms with Gasteiger partial charge in [0.2, 0.25) is 5.89 Å². The van der Waals surface area contributed by atoms with E-state index in [4.69, 9.17) is 9.40 Å². The second-order valence-corrected chi connectivity index (χ2v) is 7.73. The van der Waals surface area contributed by atoms with Crippen LogP contribution in [0, 0.1) is 6.92 Å². The molecule has 0 aliphatic rings. The lowest BCUT2D eigenvalue weighted by atomic mass is 10.0. The summed E-state index contributed by atoms with van der Waals surface area (Å²) >= 11 is 0. The zero-order chi connectivity index (χ0) is 20.5. The molecule has 30 heavy (non-hydrogen) atoms. The van der Waals surface area contributed by atoms with E-state index in [-0.39, 0.29) is 0 Å². The number of hydrogen-bond acceptors (Lipinski definition) is 4. The summed E-state index contributed by atoms with van der Waals surface area (Å²) in [6.07, 6.45) is 3.77. The first-order valence-electron chi connectivity index (χ1n) is 10.1. The molecule has 0 atom stereocenters. The molecule has 148 valence electrons. The predicted molar refractivity (Wildman–Crippen MR) is 121 cm³/mol. The fourth-order valence-corrected chi connectivity index (χ4v) is 4.03. The van der Waals surface area contributed by atoms with Gasteiger partial charge in [0.15, 0.2) is 0 Å². The summed E-state index contributed by atoms with van der Waals surface area (Å²) in [4.78, 5) is 11.4. The minimum absolute atomic E-state index is 0.684. The molecule has 2 aromatic heterocycles. The van der Waals surface area contributed by atoms with Crippen molar-refractivity contribution in [3.8, 4) is 11.5 Å². The van der Waals surface area contributed by atoms with Crippen molar-refractivity contribution < 1.29 is 4.42 Å². The molecule has 0 unspecified atom stereocenters. The molecule has 5 rings (SSSR count). The van der Waals surface area contributed by atoms with E-state index in [1.165, 1.54) is 21.7 Å². The molecule has 4 heteroatoms. The van der Waals surface area contributed by atoms with Crippen molar-refractivity contribution in [2.24, 2.45) is 0 Å². The zero-order valence-electron chi connectivity index (χ0n) is 17.2. The smallest absolute Gasteiger partial charge is 0.227 e. The van der Waals surface area contributed by atoms with Crippen LogP contribution in [-0.4, -0.2) is 21.9 Å². The van der Waals surface area contributed by atoms with Crippen molar-refractivity contribution in [3.63, 3.8) is 0 Å². The number of aromatic nitrogens is 2. The highest BCUT2D eigenvalue weighted by Crippen LogP contribution is 2.30. The van der Waals surface area contributed by atoms with Gasteiger partial charge in [0, 0.05) is 36.4 Å². The Labute approximate surface area is 175 Å². The number of nitrogens with zero attached hydrogens (tertiary/aromatic N) is 3. The second kappa shape index (κ2) is 7.73. The quantitative estimate of drug-likeness (QED) is 0.368. The topological polar surface area (TPSA) is 42.2 Å². The lowest BCUT2D eigenvalue weighted by molar-refractivity contribution is 0.314. The number of hydrogen-bond donors (Lipinski definition) is 0. The molecular weight excluding hydrogens is 370 g/mol. The molecule has 2 heterocycles. The number of benzene rings is 3. The maximum atomic E-state index is 6.08. The zero-order valence-corrected chi connectivity index (χ0v) is 17.2. The van der Waals surface area contributed by atoms with E-state index >= 15 is 0 Å². The fraction of sp³-hybridized carbons (Fsp3) is 0.154. The molecule has 4 nitrogen and oxygen atoms in total. The summed E-state index contributed by atoms with van der Waals surface area (Å²) in [7, 11) is 2.12. The van der Waals surface area contributed by atoms with E-state index in [2.05, 4.69) is 83.7 Å². The van der Waals surface area contributed by atoms with E-state index in [0.29, 0.717) is 5.89 Å². The Kier molecular flexibility index (Phi) is 4.77. The van der Waals surface area contributed by atoms with Crippen molar-refractivity contribution in [1.29, 1.82) is 0 Å². The van der Waals surface area contributed by atoms with Crippen LogP contribution in [0.3, 0.4) is 0 Å². The second-order valence-electron chi connectivity index (χ2n) is 7.73. The number of rotatable bonds is 5. The average molecular weight is 393 g/mol. The molecule has 5 aromatic rings. The monoisotopic (exact) mass is 393 g/mol. The Morgan fingerprint density at radius 3 is 2.57 bits per heavy atom. The SMILES string of the molecule is Cc1oc(-c2cccc3ccccc23)nc1CN(C)Cc1cccc2cnccc12. The van der Waals surface area contributed by atoms with Gasteiger partial charge in [-0.25, -0.2) is 4.98 Å². The third kappa shape index (κ3) is 3.46. The first kappa shape index (κ1) is 18.5. The van der Waals surface area contributed by atoms with Gasteiger partial charge in [0.05, 0.1) is 5.69 Å².